The molecule has 0 spiro atoms. The summed E-state index contributed by atoms with van der Waals surface area (Å²) in [5, 5.41) is 19.6. The maximum absolute atomic E-state index is 11.6. The molecule has 0 aromatic carbocycles. The molecule has 0 aliphatic carbocycles. The van der Waals surface area contributed by atoms with Crippen LogP contribution in [0, 0.1) is 0 Å². The predicted octanol–water partition coefficient (Wildman–Crippen LogP) is -2.17. The maximum Gasteiger partial charge on any atom is 0.327 e. The first-order valence-electron chi connectivity index (χ1n) is 5.55. The highest BCUT2D eigenvalue weighted by Crippen LogP contribution is 2.07. The molecule has 1 rings (SSSR count). The SMILES string of the molecule is CN1CC(=O)N(CC(=O)NC(CCO)C(=O)O)C1=O. The lowest BCUT2D eigenvalue weighted by molar-refractivity contribution is -0.142. The van der Waals surface area contributed by atoms with Crippen molar-refractivity contribution < 1.29 is 29.4 Å². The zero-order chi connectivity index (χ0) is 14.6. The molecule has 1 heterocycles. The molecule has 9 nitrogen and oxygen atoms in total. The highest BCUT2D eigenvalue weighted by Gasteiger charge is 2.35. The van der Waals surface area contributed by atoms with Gasteiger partial charge in [-0.05, 0) is 0 Å². The fraction of sp³-hybridized carbons (Fsp3) is 0.600. The van der Waals surface area contributed by atoms with Gasteiger partial charge < -0.3 is 20.4 Å². The summed E-state index contributed by atoms with van der Waals surface area (Å²) in [6, 6.07) is -1.85. The second-order valence-electron chi connectivity index (χ2n) is 4.09. The third-order valence-electron chi connectivity index (χ3n) is 2.58. The van der Waals surface area contributed by atoms with E-state index in [1.54, 1.807) is 0 Å². The van der Waals surface area contributed by atoms with Crippen LogP contribution < -0.4 is 5.32 Å². The monoisotopic (exact) mass is 273 g/mol. The summed E-state index contributed by atoms with van der Waals surface area (Å²) < 4.78 is 0. The number of rotatable bonds is 6. The van der Waals surface area contributed by atoms with Gasteiger partial charge in [-0.2, -0.15) is 0 Å². The van der Waals surface area contributed by atoms with Crippen LogP contribution in [0.15, 0.2) is 0 Å². The molecule has 0 aromatic heterocycles. The number of carbonyl (C=O) groups is 4. The first-order valence-corrected chi connectivity index (χ1v) is 5.55. The number of carbonyl (C=O) groups excluding carboxylic acids is 3. The Labute approximate surface area is 108 Å². The number of urea groups is 1. The third kappa shape index (κ3) is 3.65. The van der Waals surface area contributed by atoms with Gasteiger partial charge in [0, 0.05) is 20.1 Å². The van der Waals surface area contributed by atoms with E-state index in [1.165, 1.54) is 7.05 Å². The van der Waals surface area contributed by atoms with Gasteiger partial charge in [0.25, 0.3) is 5.91 Å². The lowest BCUT2D eigenvalue weighted by Crippen LogP contribution is -2.47. The highest BCUT2D eigenvalue weighted by molar-refractivity contribution is 6.04. The Hall–Kier alpha value is -2.16. The molecule has 3 N–H and O–H groups in total. The summed E-state index contributed by atoms with van der Waals surface area (Å²) in [7, 11) is 1.42. The lowest BCUT2D eigenvalue weighted by Gasteiger charge is -2.17. The molecule has 106 valence electrons. The van der Waals surface area contributed by atoms with E-state index in [2.05, 4.69) is 5.32 Å². The van der Waals surface area contributed by atoms with Crippen LogP contribution in [0.1, 0.15) is 6.42 Å². The molecule has 0 bridgehead atoms. The summed E-state index contributed by atoms with van der Waals surface area (Å²) in [5.74, 6) is -2.58. The second-order valence-corrected chi connectivity index (χ2v) is 4.09. The Morgan fingerprint density at radius 3 is 2.47 bits per heavy atom. The minimum atomic E-state index is -1.29. The molecule has 1 atom stereocenters. The fourth-order valence-electron chi connectivity index (χ4n) is 1.59. The van der Waals surface area contributed by atoms with Gasteiger partial charge in [-0.15, -0.1) is 0 Å². The number of nitrogens with zero attached hydrogens (tertiary/aromatic N) is 2. The Morgan fingerprint density at radius 1 is 1.42 bits per heavy atom. The Bertz CT molecular complexity index is 410. The van der Waals surface area contributed by atoms with E-state index < -0.39 is 43.0 Å². The average Bonchev–Trinajstić information content (AvgIpc) is 2.55. The highest BCUT2D eigenvalue weighted by atomic mass is 16.4. The van der Waals surface area contributed by atoms with Gasteiger partial charge in [0.15, 0.2) is 0 Å². The normalized spacial score (nSPS) is 16.7. The van der Waals surface area contributed by atoms with Crippen molar-refractivity contribution in [3.8, 4) is 0 Å². The largest absolute Gasteiger partial charge is 0.480 e. The van der Waals surface area contributed by atoms with Crippen molar-refractivity contribution in [3.05, 3.63) is 0 Å². The van der Waals surface area contributed by atoms with Gasteiger partial charge in [0.05, 0.1) is 0 Å². The van der Waals surface area contributed by atoms with Crippen molar-refractivity contribution in [2.75, 3.05) is 26.7 Å². The van der Waals surface area contributed by atoms with Gasteiger partial charge >= 0.3 is 12.0 Å². The van der Waals surface area contributed by atoms with Gasteiger partial charge in [0.2, 0.25) is 5.91 Å². The number of aliphatic hydroxyl groups is 1. The van der Waals surface area contributed by atoms with Crippen molar-refractivity contribution in [3.63, 3.8) is 0 Å². The quantitative estimate of drug-likeness (QED) is 0.473. The molecule has 1 unspecified atom stereocenters. The van der Waals surface area contributed by atoms with Crippen LogP contribution in [0.4, 0.5) is 4.79 Å². The van der Waals surface area contributed by atoms with E-state index in [0.29, 0.717) is 0 Å². The van der Waals surface area contributed by atoms with Crippen LogP contribution in [-0.4, -0.2) is 76.6 Å². The van der Waals surface area contributed by atoms with Crippen molar-refractivity contribution >= 4 is 23.8 Å². The van der Waals surface area contributed by atoms with E-state index in [0.717, 1.165) is 9.80 Å². The summed E-state index contributed by atoms with van der Waals surface area (Å²) in [5.41, 5.74) is 0. The fourth-order valence-corrected chi connectivity index (χ4v) is 1.59. The standard InChI is InChI=1S/C10H15N3O6/c1-12-5-8(16)13(10(12)19)4-7(15)11-6(2-3-14)9(17)18/h6,14H,2-5H2,1H3,(H,11,15)(H,17,18). The van der Waals surface area contributed by atoms with Gasteiger partial charge in [-0.1, -0.05) is 0 Å². The van der Waals surface area contributed by atoms with Crippen molar-refractivity contribution in [1.82, 2.24) is 15.1 Å². The summed E-state index contributed by atoms with van der Waals surface area (Å²) in [6.07, 6.45) is -0.150. The number of hydrogen-bond acceptors (Lipinski definition) is 5. The molecule has 1 aliphatic heterocycles. The van der Waals surface area contributed by atoms with Crippen LogP contribution >= 0.6 is 0 Å². The minimum Gasteiger partial charge on any atom is -0.480 e. The summed E-state index contributed by atoms with van der Waals surface area (Å²) >= 11 is 0. The molecule has 1 fully saturated rings. The smallest absolute Gasteiger partial charge is 0.327 e. The lowest BCUT2D eigenvalue weighted by atomic mass is 10.2. The van der Waals surface area contributed by atoms with Crippen LogP contribution in [0.5, 0.6) is 0 Å². The number of amides is 4. The molecule has 0 saturated carbocycles. The van der Waals surface area contributed by atoms with E-state index in [4.69, 9.17) is 10.2 Å². The number of hydrogen-bond donors (Lipinski definition) is 3. The first kappa shape index (κ1) is 14.9. The number of likely N-dealkylation sites (N-methyl/N-ethyl adjacent to an activating group) is 1. The molecule has 1 saturated heterocycles. The van der Waals surface area contributed by atoms with Crippen LogP contribution in [0.25, 0.3) is 0 Å². The van der Waals surface area contributed by atoms with Gasteiger partial charge in [0.1, 0.15) is 19.1 Å². The molecule has 4 amide bonds. The molecular formula is C10H15N3O6. The third-order valence-corrected chi connectivity index (χ3v) is 2.58. The van der Waals surface area contributed by atoms with Crippen molar-refractivity contribution in [2.45, 2.75) is 12.5 Å². The minimum absolute atomic E-state index is 0.106. The zero-order valence-electron chi connectivity index (χ0n) is 10.3. The summed E-state index contributed by atoms with van der Waals surface area (Å²) in [4.78, 5) is 47.1. The number of carboxylic acids is 1. The average molecular weight is 273 g/mol. The zero-order valence-corrected chi connectivity index (χ0v) is 10.3. The van der Waals surface area contributed by atoms with E-state index in [1.807, 2.05) is 0 Å². The topological polar surface area (TPSA) is 127 Å². The van der Waals surface area contributed by atoms with Gasteiger partial charge in [-0.3, -0.25) is 14.5 Å². The number of nitrogens with one attached hydrogen (secondary N) is 1. The summed E-state index contributed by atoms with van der Waals surface area (Å²) in [6.45, 7) is -1.04. The number of aliphatic hydroxyl groups excluding tert-OH is 1. The maximum atomic E-state index is 11.6. The Morgan fingerprint density at radius 2 is 2.05 bits per heavy atom. The Kier molecular flexibility index (Phi) is 4.81. The molecule has 1 aliphatic rings. The second kappa shape index (κ2) is 6.14. The number of aliphatic carboxylic acids is 1. The molecule has 19 heavy (non-hydrogen) atoms. The molecule has 0 radical (unpaired) electrons. The van der Waals surface area contributed by atoms with Crippen molar-refractivity contribution in [1.29, 1.82) is 0 Å². The Balaban J connectivity index is 2.57. The first-order chi connectivity index (χ1) is 8.86. The number of carboxylic acid groups (broad SMARTS) is 1. The van der Waals surface area contributed by atoms with E-state index in [-0.39, 0.29) is 13.0 Å². The number of imide groups is 1. The van der Waals surface area contributed by atoms with Crippen LogP contribution in [0.2, 0.25) is 0 Å². The molecule has 0 aromatic rings. The van der Waals surface area contributed by atoms with Crippen molar-refractivity contribution in [2.24, 2.45) is 0 Å². The van der Waals surface area contributed by atoms with Crippen LogP contribution in [-0.2, 0) is 14.4 Å². The molecular weight excluding hydrogens is 258 g/mol. The van der Waals surface area contributed by atoms with Gasteiger partial charge in [-0.25, -0.2) is 9.59 Å². The van der Waals surface area contributed by atoms with E-state index >= 15 is 0 Å². The van der Waals surface area contributed by atoms with E-state index in [9.17, 15) is 19.2 Å². The van der Waals surface area contributed by atoms with Crippen LogP contribution in [0.3, 0.4) is 0 Å². The predicted molar refractivity (Wildman–Crippen MR) is 61.0 cm³/mol. The molecule has 9 heteroatoms.